The van der Waals surface area contributed by atoms with E-state index >= 15 is 0 Å². The molecule has 4 rings (SSSR count). The maximum atomic E-state index is 13.0. The average molecular weight is 448 g/mol. The molecule has 0 fully saturated rings. The van der Waals surface area contributed by atoms with Gasteiger partial charge in [0.05, 0.1) is 0 Å². The molecule has 0 bridgehead atoms. The Balaban J connectivity index is 1.52. The lowest BCUT2D eigenvalue weighted by atomic mass is 9.97. The van der Waals surface area contributed by atoms with Gasteiger partial charge in [-0.2, -0.15) is 0 Å². The zero-order valence-electron chi connectivity index (χ0n) is 17.2. The summed E-state index contributed by atoms with van der Waals surface area (Å²) in [6.45, 7) is 0.847. The summed E-state index contributed by atoms with van der Waals surface area (Å²) >= 11 is 5.92. The quantitative estimate of drug-likeness (QED) is 0.541. The third-order valence-corrected chi connectivity index (χ3v) is 5.59. The summed E-state index contributed by atoms with van der Waals surface area (Å²) in [4.78, 5) is 38.0. The second-order valence-corrected chi connectivity index (χ2v) is 7.98. The predicted molar refractivity (Wildman–Crippen MR) is 122 cm³/mol. The molecule has 1 aliphatic rings. The second kappa shape index (κ2) is 9.66. The average Bonchev–Trinajstić information content (AvgIpc) is 2.82. The van der Waals surface area contributed by atoms with Crippen LogP contribution < -0.4 is 16.0 Å². The van der Waals surface area contributed by atoms with Gasteiger partial charge in [0.2, 0.25) is 5.91 Å². The summed E-state index contributed by atoms with van der Waals surface area (Å²) in [5.74, 6) is -0.840. The number of amides is 3. The van der Waals surface area contributed by atoms with Crippen molar-refractivity contribution in [3.8, 4) is 0 Å². The minimum atomic E-state index is -0.865. The van der Waals surface area contributed by atoms with Crippen LogP contribution in [0.3, 0.4) is 0 Å². The molecule has 0 saturated carbocycles. The van der Waals surface area contributed by atoms with Gasteiger partial charge in [-0.15, -0.1) is 0 Å². The molecule has 1 atom stereocenters. The van der Waals surface area contributed by atoms with Crippen LogP contribution in [0.5, 0.6) is 0 Å². The topological polar surface area (TPSA) is 87.3 Å². The number of halogens is 1. The lowest BCUT2D eigenvalue weighted by molar-refractivity contribution is -0.123. The Bertz CT molecular complexity index is 1150. The molecular weight excluding hydrogens is 426 g/mol. The first-order chi connectivity index (χ1) is 15.5. The van der Waals surface area contributed by atoms with Crippen molar-refractivity contribution in [1.82, 2.24) is 16.0 Å². The summed E-state index contributed by atoms with van der Waals surface area (Å²) in [6, 6.07) is 20.4. The van der Waals surface area contributed by atoms with E-state index in [1.54, 1.807) is 42.5 Å². The van der Waals surface area contributed by atoms with E-state index in [0.717, 1.165) is 11.1 Å². The SMILES string of the molecule is O=C(NC(C(=O)NCc1ccc(Cl)cc1)c1ccccc1)c1ccc2c(c1)CCNC2=O. The van der Waals surface area contributed by atoms with Crippen molar-refractivity contribution >= 4 is 29.3 Å². The Kier molecular flexibility index (Phi) is 6.52. The highest BCUT2D eigenvalue weighted by atomic mass is 35.5. The maximum absolute atomic E-state index is 13.0. The highest BCUT2D eigenvalue weighted by Crippen LogP contribution is 2.19. The van der Waals surface area contributed by atoms with E-state index in [1.165, 1.54) is 0 Å². The zero-order valence-corrected chi connectivity index (χ0v) is 18.0. The number of hydrogen-bond acceptors (Lipinski definition) is 3. The molecule has 3 amide bonds. The molecule has 1 heterocycles. The molecule has 162 valence electrons. The fraction of sp³-hybridized carbons (Fsp3) is 0.160. The van der Waals surface area contributed by atoms with E-state index < -0.39 is 6.04 Å². The van der Waals surface area contributed by atoms with Gasteiger partial charge in [-0.1, -0.05) is 54.1 Å². The lowest BCUT2D eigenvalue weighted by Gasteiger charge is -2.20. The largest absolute Gasteiger partial charge is 0.352 e. The predicted octanol–water partition coefficient (Wildman–Crippen LogP) is 3.41. The number of carbonyl (C=O) groups excluding carboxylic acids is 3. The summed E-state index contributed by atoms with van der Waals surface area (Å²) in [6.07, 6.45) is 0.659. The zero-order chi connectivity index (χ0) is 22.5. The molecule has 3 N–H and O–H groups in total. The van der Waals surface area contributed by atoms with Crippen LogP contribution in [0.1, 0.15) is 43.4 Å². The van der Waals surface area contributed by atoms with Crippen LogP contribution in [-0.4, -0.2) is 24.3 Å². The molecule has 1 unspecified atom stereocenters. The molecule has 6 nitrogen and oxygen atoms in total. The van der Waals surface area contributed by atoms with Crippen molar-refractivity contribution in [3.05, 3.63) is 106 Å². The molecule has 0 spiro atoms. The van der Waals surface area contributed by atoms with Crippen molar-refractivity contribution in [2.24, 2.45) is 0 Å². The number of rotatable bonds is 6. The molecular formula is C25H22ClN3O3. The van der Waals surface area contributed by atoms with Gasteiger partial charge in [-0.05, 0) is 53.4 Å². The molecule has 1 aliphatic heterocycles. The molecule has 0 saturated heterocycles. The normalized spacial score (nSPS) is 13.5. The smallest absolute Gasteiger partial charge is 0.252 e. The van der Waals surface area contributed by atoms with Crippen LogP contribution in [0.25, 0.3) is 0 Å². The van der Waals surface area contributed by atoms with Crippen LogP contribution in [0.2, 0.25) is 5.02 Å². The highest BCUT2D eigenvalue weighted by molar-refractivity contribution is 6.30. The molecule has 7 heteroatoms. The van der Waals surface area contributed by atoms with E-state index in [-0.39, 0.29) is 17.7 Å². The molecule has 0 radical (unpaired) electrons. The Morgan fingerprint density at radius 2 is 1.75 bits per heavy atom. The monoisotopic (exact) mass is 447 g/mol. The van der Waals surface area contributed by atoms with Crippen LogP contribution in [0.4, 0.5) is 0 Å². The lowest BCUT2D eigenvalue weighted by Crippen LogP contribution is -2.40. The number of hydrogen-bond donors (Lipinski definition) is 3. The Morgan fingerprint density at radius 3 is 2.50 bits per heavy atom. The van der Waals surface area contributed by atoms with Crippen molar-refractivity contribution in [2.45, 2.75) is 19.0 Å². The number of carbonyl (C=O) groups is 3. The molecule has 32 heavy (non-hydrogen) atoms. The van der Waals surface area contributed by atoms with E-state index in [2.05, 4.69) is 16.0 Å². The van der Waals surface area contributed by atoms with Crippen molar-refractivity contribution < 1.29 is 14.4 Å². The summed E-state index contributed by atoms with van der Waals surface area (Å²) in [5, 5.41) is 9.13. The van der Waals surface area contributed by atoms with Crippen molar-refractivity contribution in [2.75, 3.05) is 6.54 Å². The molecule has 3 aromatic rings. The first-order valence-corrected chi connectivity index (χ1v) is 10.7. The van der Waals surface area contributed by atoms with Gasteiger partial charge >= 0.3 is 0 Å². The number of fused-ring (bicyclic) bond motifs is 1. The fourth-order valence-corrected chi connectivity index (χ4v) is 3.75. The van der Waals surface area contributed by atoms with Crippen molar-refractivity contribution in [1.29, 1.82) is 0 Å². The Labute approximate surface area is 191 Å². The van der Waals surface area contributed by atoms with E-state index in [9.17, 15) is 14.4 Å². The number of benzene rings is 3. The van der Waals surface area contributed by atoms with Gasteiger partial charge < -0.3 is 16.0 Å². The summed E-state index contributed by atoms with van der Waals surface area (Å²) in [5.41, 5.74) is 3.38. The molecule has 3 aromatic carbocycles. The van der Waals surface area contributed by atoms with Crippen LogP contribution in [-0.2, 0) is 17.8 Å². The standard InChI is InChI=1S/C25H22ClN3O3/c26-20-9-6-16(7-10-20)15-28-25(32)22(17-4-2-1-3-5-17)29-23(30)19-8-11-21-18(14-19)12-13-27-24(21)31/h1-11,14,22H,12-13,15H2,(H,27,31)(H,28,32)(H,29,30). The third kappa shape index (κ3) is 4.98. The fourth-order valence-electron chi connectivity index (χ4n) is 3.62. The minimum Gasteiger partial charge on any atom is -0.352 e. The van der Waals surface area contributed by atoms with Crippen molar-refractivity contribution in [3.63, 3.8) is 0 Å². The van der Waals surface area contributed by atoms with Gasteiger partial charge in [-0.3, -0.25) is 14.4 Å². The van der Waals surface area contributed by atoms with Gasteiger partial charge in [0.1, 0.15) is 6.04 Å². The third-order valence-electron chi connectivity index (χ3n) is 5.34. The first-order valence-electron chi connectivity index (χ1n) is 10.3. The summed E-state index contributed by atoms with van der Waals surface area (Å²) < 4.78 is 0. The van der Waals surface area contributed by atoms with Gasteiger partial charge in [-0.25, -0.2) is 0 Å². The van der Waals surface area contributed by atoms with E-state index in [4.69, 9.17) is 11.6 Å². The maximum Gasteiger partial charge on any atom is 0.252 e. The highest BCUT2D eigenvalue weighted by Gasteiger charge is 2.24. The first kappa shape index (κ1) is 21.6. The van der Waals surface area contributed by atoms with Gasteiger partial charge in [0.25, 0.3) is 11.8 Å². The van der Waals surface area contributed by atoms with Crippen LogP contribution in [0, 0.1) is 0 Å². The van der Waals surface area contributed by atoms with Gasteiger partial charge in [0, 0.05) is 29.2 Å². The van der Waals surface area contributed by atoms with E-state index in [0.29, 0.717) is 41.2 Å². The van der Waals surface area contributed by atoms with Crippen LogP contribution >= 0.6 is 11.6 Å². The molecule has 0 aromatic heterocycles. The van der Waals surface area contributed by atoms with E-state index in [1.807, 2.05) is 30.3 Å². The summed E-state index contributed by atoms with van der Waals surface area (Å²) in [7, 11) is 0. The minimum absolute atomic E-state index is 0.137. The van der Waals surface area contributed by atoms with Crippen LogP contribution in [0.15, 0.2) is 72.8 Å². The number of nitrogens with one attached hydrogen (secondary N) is 3. The Morgan fingerprint density at radius 1 is 1.00 bits per heavy atom. The second-order valence-electron chi connectivity index (χ2n) is 7.54. The van der Waals surface area contributed by atoms with Gasteiger partial charge in [0.15, 0.2) is 0 Å². The molecule has 0 aliphatic carbocycles. The Hall–Kier alpha value is -3.64.